The number of carbonyl (C=O) groups excluding carboxylic acids is 1. The third-order valence-corrected chi connectivity index (χ3v) is 3.84. The number of para-hydroxylation sites is 3. The van der Waals surface area contributed by atoms with Crippen molar-refractivity contribution in [3.8, 4) is 0 Å². The highest BCUT2D eigenvalue weighted by atomic mass is 32.2. The molecule has 6 nitrogen and oxygen atoms in total. The van der Waals surface area contributed by atoms with E-state index < -0.39 is 10.0 Å². The van der Waals surface area contributed by atoms with Crippen LogP contribution in [0.15, 0.2) is 54.6 Å². The van der Waals surface area contributed by atoms with Gasteiger partial charge in [-0.1, -0.05) is 30.3 Å². The number of amides is 1. The molecule has 3 aromatic rings. The molecular weight excluding hydrogens is 314 g/mol. The number of H-pyrrole nitrogens is 1. The Morgan fingerprint density at radius 3 is 2.35 bits per heavy atom. The van der Waals surface area contributed by atoms with Crippen LogP contribution in [0.1, 0.15) is 10.5 Å². The van der Waals surface area contributed by atoms with E-state index in [1.807, 2.05) is 24.3 Å². The Bertz CT molecular complexity index is 944. The Balaban J connectivity index is 1.88. The van der Waals surface area contributed by atoms with E-state index >= 15 is 0 Å². The van der Waals surface area contributed by atoms with Crippen molar-refractivity contribution in [1.82, 2.24) is 4.98 Å². The van der Waals surface area contributed by atoms with Gasteiger partial charge in [0.15, 0.2) is 0 Å². The van der Waals surface area contributed by atoms with Gasteiger partial charge in [-0.2, -0.15) is 0 Å². The fourth-order valence-corrected chi connectivity index (χ4v) is 2.84. The molecule has 0 aliphatic carbocycles. The maximum Gasteiger partial charge on any atom is 0.272 e. The minimum absolute atomic E-state index is 0.319. The van der Waals surface area contributed by atoms with Gasteiger partial charge in [0.25, 0.3) is 5.91 Å². The molecule has 0 atom stereocenters. The molecular formula is C16H15N3O3S. The predicted octanol–water partition coefficient (Wildman–Crippen LogP) is 2.79. The molecule has 7 heteroatoms. The average Bonchev–Trinajstić information content (AvgIpc) is 2.92. The number of benzene rings is 2. The van der Waals surface area contributed by atoms with E-state index in [1.165, 1.54) is 0 Å². The summed E-state index contributed by atoms with van der Waals surface area (Å²) in [5.41, 5.74) is 1.97. The van der Waals surface area contributed by atoms with Gasteiger partial charge in [-0.25, -0.2) is 8.42 Å². The molecule has 3 N–H and O–H groups in total. The van der Waals surface area contributed by atoms with Crippen LogP contribution >= 0.6 is 0 Å². The molecule has 0 unspecified atom stereocenters. The Morgan fingerprint density at radius 2 is 1.65 bits per heavy atom. The molecule has 0 aliphatic heterocycles. The zero-order chi connectivity index (χ0) is 16.4. The van der Waals surface area contributed by atoms with Crippen LogP contribution in [-0.2, 0) is 10.0 Å². The highest BCUT2D eigenvalue weighted by Gasteiger charge is 2.13. The summed E-state index contributed by atoms with van der Waals surface area (Å²) in [7, 11) is -3.43. The minimum atomic E-state index is -3.43. The lowest BCUT2D eigenvalue weighted by molar-refractivity contribution is 0.102. The molecule has 0 radical (unpaired) electrons. The van der Waals surface area contributed by atoms with Crippen molar-refractivity contribution < 1.29 is 13.2 Å². The van der Waals surface area contributed by atoms with E-state index in [1.54, 1.807) is 30.3 Å². The summed E-state index contributed by atoms with van der Waals surface area (Å²) >= 11 is 0. The van der Waals surface area contributed by atoms with Gasteiger partial charge in [0.1, 0.15) is 5.69 Å². The molecule has 1 amide bonds. The van der Waals surface area contributed by atoms with Crippen LogP contribution in [0.25, 0.3) is 10.9 Å². The van der Waals surface area contributed by atoms with E-state index in [0.29, 0.717) is 17.1 Å². The highest BCUT2D eigenvalue weighted by molar-refractivity contribution is 7.92. The summed E-state index contributed by atoms with van der Waals surface area (Å²) in [6.07, 6.45) is 1.06. The first-order valence-corrected chi connectivity index (χ1v) is 8.77. The van der Waals surface area contributed by atoms with E-state index in [4.69, 9.17) is 0 Å². The lowest BCUT2D eigenvalue weighted by Gasteiger charge is -2.11. The molecule has 0 saturated heterocycles. The first kappa shape index (κ1) is 15.1. The summed E-state index contributed by atoms with van der Waals surface area (Å²) in [6.45, 7) is 0. The second-order valence-corrected chi connectivity index (χ2v) is 6.89. The summed E-state index contributed by atoms with van der Waals surface area (Å²) in [6, 6.07) is 15.9. The second kappa shape index (κ2) is 5.77. The van der Waals surface area contributed by atoms with Crippen LogP contribution in [0.2, 0.25) is 0 Å². The Kier molecular flexibility index (Phi) is 3.79. The first-order chi connectivity index (χ1) is 10.9. The number of sulfonamides is 1. The molecule has 0 saturated carbocycles. The zero-order valence-electron chi connectivity index (χ0n) is 12.3. The molecule has 3 rings (SSSR count). The fraction of sp³-hybridized carbons (Fsp3) is 0.0625. The van der Waals surface area contributed by atoms with Gasteiger partial charge in [0.2, 0.25) is 10.0 Å². The molecule has 2 aromatic carbocycles. The average molecular weight is 329 g/mol. The van der Waals surface area contributed by atoms with Gasteiger partial charge in [-0.3, -0.25) is 9.52 Å². The van der Waals surface area contributed by atoms with Crippen molar-refractivity contribution in [3.63, 3.8) is 0 Å². The molecule has 1 heterocycles. The number of fused-ring (bicyclic) bond motifs is 1. The Hall–Kier alpha value is -2.80. The molecule has 118 valence electrons. The molecule has 0 fully saturated rings. The number of aromatic amines is 1. The molecule has 0 spiro atoms. The van der Waals surface area contributed by atoms with E-state index in [9.17, 15) is 13.2 Å². The van der Waals surface area contributed by atoms with Crippen molar-refractivity contribution in [2.45, 2.75) is 0 Å². The summed E-state index contributed by atoms with van der Waals surface area (Å²) in [5, 5.41) is 3.64. The fourth-order valence-electron chi connectivity index (χ4n) is 2.27. The van der Waals surface area contributed by atoms with Crippen LogP contribution < -0.4 is 10.0 Å². The first-order valence-electron chi connectivity index (χ1n) is 6.88. The van der Waals surface area contributed by atoms with Crippen LogP contribution in [0, 0.1) is 0 Å². The van der Waals surface area contributed by atoms with Crippen molar-refractivity contribution in [1.29, 1.82) is 0 Å². The number of carbonyl (C=O) groups is 1. The normalized spacial score (nSPS) is 11.3. The van der Waals surface area contributed by atoms with Gasteiger partial charge in [-0.15, -0.1) is 0 Å². The van der Waals surface area contributed by atoms with Gasteiger partial charge in [0, 0.05) is 10.9 Å². The number of rotatable bonds is 4. The summed E-state index contributed by atoms with van der Waals surface area (Å²) in [5.74, 6) is -0.344. The summed E-state index contributed by atoms with van der Waals surface area (Å²) in [4.78, 5) is 15.4. The van der Waals surface area contributed by atoms with Gasteiger partial charge < -0.3 is 10.3 Å². The van der Waals surface area contributed by atoms with Crippen LogP contribution in [0.3, 0.4) is 0 Å². The van der Waals surface area contributed by atoms with Crippen LogP contribution in [-0.4, -0.2) is 25.6 Å². The number of anilines is 2. The number of nitrogens with one attached hydrogen (secondary N) is 3. The van der Waals surface area contributed by atoms with Gasteiger partial charge in [-0.05, 0) is 24.3 Å². The zero-order valence-corrected chi connectivity index (χ0v) is 13.1. The number of aromatic nitrogens is 1. The smallest absolute Gasteiger partial charge is 0.272 e. The van der Waals surface area contributed by atoms with Gasteiger partial charge in [0.05, 0.1) is 17.6 Å². The third-order valence-electron chi connectivity index (χ3n) is 3.25. The molecule has 0 aliphatic rings. The lowest BCUT2D eigenvalue weighted by atomic mass is 10.2. The third kappa shape index (κ3) is 3.51. The van der Waals surface area contributed by atoms with Crippen molar-refractivity contribution in [2.24, 2.45) is 0 Å². The standard InChI is InChI=1S/C16H15N3O3S/c1-23(21,22)19-14-9-5-4-8-13(14)18-16(20)15-10-11-6-2-3-7-12(11)17-15/h2-10,17,19H,1H3,(H,18,20). The SMILES string of the molecule is CS(=O)(=O)Nc1ccccc1NC(=O)c1cc2ccccc2[nH]1. The predicted molar refractivity (Wildman–Crippen MR) is 91.2 cm³/mol. The number of hydrogen-bond donors (Lipinski definition) is 3. The molecule has 0 bridgehead atoms. The maximum absolute atomic E-state index is 12.4. The van der Waals surface area contributed by atoms with Crippen molar-refractivity contribution in [3.05, 3.63) is 60.3 Å². The van der Waals surface area contributed by atoms with E-state index in [0.717, 1.165) is 17.2 Å². The summed E-state index contributed by atoms with van der Waals surface area (Å²) < 4.78 is 25.2. The van der Waals surface area contributed by atoms with E-state index in [-0.39, 0.29) is 5.91 Å². The monoisotopic (exact) mass is 329 g/mol. The Morgan fingerprint density at radius 1 is 1.00 bits per heavy atom. The number of hydrogen-bond acceptors (Lipinski definition) is 3. The largest absolute Gasteiger partial charge is 0.351 e. The van der Waals surface area contributed by atoms with Crippen LogP contribution in [0.5, 0.6) is 0 Å². The molecule has 23 heavy (non-hydrogen) atoms. The second-order valence-electron chi connectivity index (χ2n) is 5.14. The quantitative estimate of drug-likeness (QED) is 0.687. The topological polar surface area (TPSA) is 91.1 Å². The van der Waals surface area contributed by atoms with Crippen molar-refractivity contribution in [2.75, 3.05) is 16.3 Å². The molecule has 1 aromatic heterocycles. The highest BCUT2D eigenvalue weighted by Crippen LogP contribution is 2.23. The van der Waals surface area contributed by atoms with Crippen molar-refractivity contribution >= 4 is 38.2 Å². The lowest BCUT2D eigenvalue weighted by Crippen LogP contribution is -2.16. The Labute approximate surface area is 133 Å². The van der Waals surface area contributed by atoms with Gasteiger partial charge >= 0.3 is 0 Å². The van der Waals surface area contributed by atoms with Crippen LogP contribution in [0.4, 0.5) is 11.4 Å². The maximum atomic E-state index is 12.4. The minimum Gasteiger partial charge on any atom is -0.351 e. The van der Waals surface area contributed by atoms with E-state index in [2.05, 4.69) is 15.0 Å².